The lowest BCUT2D eigenvalue weighted by atomic mass is 10.2. The second-order valence-corrected chi connectivity index (χ2v) is 6.48. The fourth-order valence-electron chi connectivity index (χ4n) is 1.77. The van der Waals surface area contributed by atoms with Crippen molar-refractivity contribution >= 4 is 23.4 Å². The molecule has 0 aromatic heterocycles. The topological polar surface area (TPSA) is 12.0 Å². The van der Waals surface area contributed by atoms with E-state index in [1.807, 2.05) is 26.0 Å². The molecule has 0 bridgehead atoms. The number of benzene rings is 2. The first kappa shape index (κ1) is 16.3. The maximum absolute atomic E-state index is 13.8. The molecule has 2 rings (SSSR count). The third-order valence-electron chi connectivity index (χ3n) is 2.84. The predicted octanol–water partition coefficient (Wildman–Crippen LogP) is 5.27. The molecule has 1 nitrogen and oxygen atoms in total. The second-order valence-electron chi connectivity index (χ2n) is 4.96. The summed E-state index contributed by atoms with van der Waals surface area (Å²) in [5.41, 5.74) is 0.963. The lowest BCUT2D eigenvalue weighted by Crippen LogP contribution is -2.22. The van der Waals surface area contributed by atoms with Crippen molar-refractivity contribution in [3.63, 3.8) is 0 Å². The predicted molar refractivity (Wildman–Crippen MR) is 83.9 cm³/mol. The van der Waals surface area contributed by atoms with Gasteiger partial charge in [-0.3, -0.25) is 0 Å². The van der Waals surface area contributed by atoms with Gasteiger partial charge in [0.2, 0.25) is 0 Å². The number of rotatable bonds is 5. The van der Waals surface area contributed by atoms with Crippen molar-refractivity contribution < 1.29 is 8.78 Å². The summed E-state index contributed by atoms with van der Waals surface area (Å²) in [6, 6.07) is 9.20. The van der Waals surface area contributed by atoms with Crippen molar-refractivity contribution in [2.24, 2.45) is 0 Å². The van der Waals surface area contributed by atoms with Gasteiger partial charge in [0.1, 0.15) is 11.6 Å². The lowest BCUT2D eigenvalue weighted by Gasteiger charge is -2.13. The van der Waals surface area contributed by atoms with Crippen LogP contribution in [-0.4, -0.2) is 6.04 Å². The van der Waals surface area contributed by atoms with Crippen LogP contribution in [-0.2, 0) is 6.54 Å². The molecule has 0 atom stereocenters. The summed E-state index contributed by atoms with van der Waals surface area (Å²) in [5, 5.41) is 3.93. The van der Waals surface area contributed by atoms with Crippen LogP contribution in [0.2, 0.25) is 5.02 Å². The van der Waals surface area contributed by atoms with E-state index < -0.39 is 11.6 Å². The van der Waals surface area contributed by atoms with E-state index in [2.05, 4.69) is 5.32 Å². The smallest absolute Gasteiger partial charge is 0.137 e. The molecule has 0 aliphatic heterocycles. The van der Waals surface area contributed by atoms with Crippen LogP contribution in [0.1, 0.15) is 19.4 Å². The van der Waals surface area contributed by atoms with Gasteiger partial charge in [-0.05, 0) is 42.0 Å². The van der Waals surface area contributed by atoms with Crippen molar-refractivity contribution in [1.82, 2.24) is 5.32 Å². The summed E-state index contributed by atoms with van der Waals surface area (Å²) >= 11 is 7.22. The molecule has 0 aliphatic carbocycles. The van der Waals surface area contributed by atoms with Gasteiger partial charge >= 0.3 is 0 Å². The average molecular weight is 328 g/mol. The van der Waals surface area contributed by atoms with Crippen LogP contribution in [0.15, 0.2) is 46.2 Å². The summed E-state index contributed by atoms with van der Waals surface area (Å²) in [5.74, 6) is -0.881. The van der Waals surface area contributed by atoms with E-state index >= 15 is 0 Å². The first-order valence-corrected chi connectivity index (χ1v) is 7.80. The van der Waals surface area contributed by atoms with Gasteiger partial charge in [0.05, 0.1) is 4.90 Å². The van der Waals surface area contributed by atoms with Crippen molar-refractivity contribution in [2.75, 3.05) is 0 Å². The van der Waals surface area contributed by atoms with E-state index in [9.17, 15) is 8.78 Å². The molecule has 0 heterocycles. The Labute approximate surface area is 132 Å². The zero-order chi connectivity index (χ0) is 15.4. The lowest BCUT2D eigenvalue weighted by molar-refractivity contribution is 0.576. The minimum Gasteiger partial charge on any atom is -0.310 e. The first-order chi connectivity index (χ1) is 9.95. The normalized spacial score (nSPS) is 11.1. The van der Waals surface area contributed by atoms with E-state index in [0.29, 0.717) is 17.6 Å². The summed E-state index contributed by atoms with van der Waals surface area (Å²) in [6.07, 6.45) is 0. The van der Waals surface area contributed by atoms with Crippen LogP contribution < -0.4 is 5.32 Å². The van der Waals surface area contributed by atoms with Gasteiger partial charge in [0.15, 0.2) is 0 Å². The molecule has 0 saturated heterocycles. The Bertz CT molecular complexity index is 632. The van der Waals surface area contributed by atoms with E-state index in [1.165, 1.54) is 17.8 Å². The van der Waals surface area contributed by atoms with Crippen LogP contribution in [0.25, 0.3) is 0 Å². The molecule has 2 aromatic carbocycles. The number of hydrogen-bond donors (Lipinski definition) is 1. The molecular formula is C16H16ClF2NS. The molecule has 0 spiro atoms. The van der Waals surface area contributed by atoms with Crippen LogP contribution in [0.3, 0.4) is 0 Å². The fourth-order valence-corrected chi connectivity index (χ4v) is 2.94. The average Bonchev–Trinajstić information content (AvgIpc) is 2.43. The van der Waals surface area contributed by atoms with Crippen LogP contribution >= 0.6 is 23.4 Å². The van der Waals surface area contributed by atoms with Crippen molar-refractivity contribution in [1.29, 1.82) is 0 Å². The molecule has 0 unspecified atom stereocenters. The summed E-state index contributed by atoms with van der Waals surface area (Å²) in [6.45, 7) is 4.71. The fraction of sp³-hybridized carbons (Fsp3) is 0.250. The third kappa shape index (κ3) is 4.70. The Morgan fingerprint density at radius 1 is 1.10 bits per heavy atom. The van der Waals surface area contributed by atoms with Gasteiger partial charge in [-0.25, -0.2) is 8.78 Å². The quantitative estimate of drug-likeness (QED) is 0.803. The zero-order valence-electron chi connectivity index (χ0n) is 11.8. The number of nitrogens with one attached hydrogen (secondary N) is 1. The Balaban J connectivity index is 2.28. The van der Waals surface area contributed by atoms with Gasteiger partial charge in [0.25, 0.3) is 0 Å². The SMILES string of the molecule is CC(C)NCc1cc(Cl)ccc1Sc1cc(F)ccc1F. The van der Waals surface area contributed by atoms with Crippen LogP contribution in [0, 0.1) is 11.6 Å². The Morgan fingerprint density at radius 2 is 1.86 bits per heavy atom. The molecule has 0 amide bonds. The maximum Gasteiger partial charge on any atom is 0.137 e. The van der Waals surface area contributed by atoms with Gasteiger partial charge in [-0.1, -0.05) is 37.2 Å². The Hall–Kier alpha value is -1.10. The first-order valence-electron chi connectivity index (χ1n) is 6.60. The summed E-state index contributed by atoms with van der Waals surface area (Å²) in [7, 11) is 0. The Morgan fingerprint density at radius 3 is 2.57 bits per heavy atom. The minimum atomic E-state index is -0.449. The molecule has 1 N–H and O–H groups in total. The van der Waals surface area contributed by atoms with Gasteiger partial charge < -0.3 is 5.32 Å². The van der Waals surface area contributed by atoms with E-state index in [-0.39, 0.29) is 4.90 Å². The molecular weight excluding hydrogens is 312 g/mol. The highest BCUT2D eigenvalue weighted by Crippen LogP contribution is 2.34. The van der Waals surface area contributed by atoms with Crippen LogP contribution in [0.4, 0.5) is 8.78 Å². The van der Waals surface area contributed by atoms with Crippen LogP contribution in [0.5, 0.6) is 0 Å². The van der Waals surface area contributed by atoms with Gasteiger partial charge in [-0.15, -0.1) is 0 Å². The molecule has 21 heavy (non-hydrogen) atoms. The monoisotopic (exact) mass is 327 g/mol. The van der Waals surface area contributed by atoms with E-state index in [4.69, 9.17) is 11.6 Å². The minimum absolute atomic E-state index is 0.267. The number of hydrogen-bond acceptors (Lipinski definition) is 2. The molecule has 112 valence electrons. The molecule has 0 fully saturated rings. The molecule has 2 aromatic rings. The van der Waals surface area contributed by atoms with Gasteiger partial charge in [-0.2, -0.15) is 0 Å². The van der Waals surface area contributed by atoms with Crippen molar-refractivity contribution in [3.8, 4) is 0 Å². The zero-order valence-corrected chi connectivity index (χ0v) is 13.4. The Kier molecular flexibility index (Phi) is 5.62. The third-order valence-corrected chi connectivity index (χ3v) is 4.22. The summed E-state index contributed by atoms with van der Waals surface area (Å²) in [4.78, 5) is 1.13. The highest BCUT2D eigenvalue weighted by atomic mass is 35.5. The van der Waals surface area contributed by atoms with E-state index in [0.717, 1.165) is 22.6 Å². The summed E-state index contributed by atoms with van der Waals surface area (Å²) < 4.78 is 27.0. The molecule has 0 saturated carbocycles. The molecule has 0 aliphatic rings. The maximum atomic E-state index is 13.8. The largest absolute Gasteiger partial charge is 0.310 e. The van der Waals surface area contributed by atoms with Crippen molar-refractivity contribution in [3.05, 3.63) is 58.6 Å². The number of halogens is 3. The molecule has 0 radical (unpaired) electrons. The molecule has 5 heteroatoms. The highest BCUT2D eigenvalue weighted by Gasteiger charge is 2.10. The second kappa shape index (κ2) is 7.25. The highest BCUT2D eigenvalue weighted by molar-refractivity contribution is 7.99. The standard InChI is InChI=1S/C16H16ClF2NS/c1-10(2)20-9-11-7-12(17)3-6-15(11)21-16-8-13(18)4-5-14(16)19/h3-8,10,20H,9H2,1-2H3. The van der Waals surface area contributed by atoms with E-state index in [1.54, 1.807) is 6.07 Å². The van der Waals surface area contributed by atoms with Gasteiger partial charge in [0, 0.05) is 22.5 Å². The van der Waals surface area contributed by atoms with Crippen molar-refractivity contribution in [2.45, 2.75) is 36.2 Å².